The molecular formula is C13H16Br2N2S. The van der Waals surface area contributed by atoms with E-state index in [0.717, 1.165) is 45.9 Å². The van der Waals surface area contributed by atoms with E-state index in [0.29, 0.717) is 11.3 Å². The summed E-state index contributed by atoms with van der Waals surface area (Å²) >= 11 is 11.4. The van der Waals surface area contributed by atoms with Crippen LogP contribution in [0.25, 0.3) is 0 Å². The number of thiol groups is 1. The van der Waals surface area contributed by atoms with Gasteiger partial charge in [-0.05, 0) is 53.7 Å². The number of nitrogens with zero attached hydrogens (tertiary/aromatic N) is 1. The molecule has 1 saturated carbocycles. The second-order valence-electron chi connectivity index (χ2n) is 4.63. The first-order valence-electron chi connectivity index (χ1n) is 6.02. The number of nitrogen functional groups attached to an aromatic ring is 1. The average Bonchev–Trinajstić information content (AvgIpc) is 2.34. The second kappa shape index (κ2) is 6.44. The Labute approximate surface area is 130 Å². The molecule has 0 bridgehead atoms. The molecule has 0 atom stereocenters. The van der Waals surface area contributed by atoms with Gasteiger partial charge in [0, 0.05) is 26.0 Å². The van der Waals surface area contributed by atoms with Crippen molar-refractivity contribution in [3.05, 3.63) is 26.6 Å². The van der Waals surface area contributed by atoms with Gasteiger partial charge in [-0.3, -0.25) is 4.99 Å². The van der Waals surface area contributed by atoms with E-state index in [4.69, 9.17) is 5.73 Å². The van der Waals surface area contributed by atoms with Crippen LogP contribution in [0.15, 0.2) is 26.1 Å². The topological polar surface area (TPSA) is 38.4 Å². The normalized spacial score (nSPS) is 24.6. The smallest absolute Gasteiger partial charge is 0.0548 e. The van der Waals surface area contributed by atoms with Gasteiger partial charge in [0.1, 0.15) is 0 Å². The molecule has 0 aromatic heterocycles. The molecule has 1 aliphatic rings. The van der Waals surface area contributed by atoms with E-state index in [1.807, 2.05) is 18.3 Å². The van der Waals surface area contributed by atoms with Crippen molar-refractivity contribution in [2.75, 3.05) is 5.73 Å². The molecule has 0 saturated heterocycles. The van der Waals surface area contributed by atoms with E-state index in [1.54, 1.807) is 0 Å². The second-order valence-corrected chi connectivity index (χ2v) is 7.13. The first-order valence-corrected chi connectivity index (χ1v) is 8.12. The molecule has 1 fully saturated rings. The highest BCUT2D eigenvalue weighted by Crippen LogP contribution is 2.28. The van der Waals surface area contributed by atoms with Crippen molar-refractivity contribution in [2.24, 2.45) is 4.99 Å². The number of nitrogens with two attached hydrogens (primary N) is 1. The Bertz CT molecular complexity index is 455. The van der Waals surface area contributed by atoms with E-state index in [-0.39, 0.29) is 0 Å². The van der Waals surface area contributed by atoms with Crippen LogP contribution >= 0.6 is 44.5 Å². The maximum Gasteiger partial charge on any atom is 0.0548 e. The Hall–Kier alpha value is -0.000000000000000111. The monoisotopic (exact) mass is 390 g/mol. The fraction of sp³-hybridized carbons (Fsp3) is 0.462. The lowest BCUT2D eigenvalue weighted by atomic mass is 9.95. The third-order valence-corrected chi connectivity index (χ3v) is 4.85. The van der Waals surface area contributed by atoms with Crippen molar-refractivity contribution in [3.8, 4) is 0 Å². The van der Waals surface area contributed by atoms with Crippen LogP contribution < -0.4 is 5.73 Å². The Balaban J connectivity index is 2.09. The molecule has 2 nitrogen and oxygen atoms in total. The lowest BCUT2D eigenvalue weighted by molar-refractivity contribution is 0.455. The number of anilines is 1. The molecule has 2 rings (SSSR count). The Morgan fingerprint density at radius 3 is 2.56 bits per heavy atom. The fourth-order valence-electron chi connectivity index (χ4n) is 2.10. The highest BCUT2D eigenvalue weighted by Gasteiger charge is 2.17. The summed E-state index contributed by atoms with van der Waals surface area (Å²) in [4.78, 5) is 4.65. The standard InChI is InChI=1S/C13H16Br2N2S/c14-9-5-8(13(16)12(15)6-9)7-17-10-1-3-11(18)4-2-10/h5-7,10-11,18H,1-4,16H2/t10-,11-. The maximum atomic E-state index is 6.02. The summed E-state index contributed by atoms with van der Waals surface area (Å²) in [6.07, 6.45) is 6.46. The van der Waals surface area contributed by atoms with Gasteiger partial charge in [-0.15, -0.1) is 0 Å². The zero-order valence-electron chi connectivity index (χ0n) is 9.94. The molecule has 0 unspecified atom stereocenters. The third-order valence-electron chi connectivity index (χ3n) is 3.22. The molecular weight excluding hydrogens is 376 g/mol. The van der Waals surface area contributed by atoms with Crippen molar-refractivity contribution in [3.63, 3.8) is 0 Å². The van der Waals surface area contributed by atoms with Crippen LogP contribution in [-0.4, -0.2) is 17.5 Å². The number of benzene rings is 1. The first kappa shape index (κ1) is 14.4. The van der Waals surface area contributed by atoms with Gasteiger partial charge in [-0.2, -0.15) is 12.6 Å². The van der Waals surface area contributed by atoms with Gasteiger partial charge in [-0.1, -0.05) is 15.9 Å². The summed E-state index contributed by atoms with van der Waals surface area (Å²) in [5.74, 6) is 0. The van der Waals surface area contributed by atoms with Crippen molar-refractivity contribution in [1.29, 1.82) is 0 Å². The molecule has 1 aromatic carbocycles. The summed E-state index contributed by atoms with van der Waals surface area (Å²) in [5, 5.41) is 0.557. The average molecular weight is 392 g/mol. The number of rotatable bonds is 2. The third kappa shape index (κ3) is 3.75. The van der Waals surface area contributed by atoms with Crippen LogP contribution in [0.1, 0.15) is 31.2 Å². The highest BCUT2D eigenvalue weighted by molar-refractivity contribution is 9.11. The number of halogens is 2. The molecule has 0 radical (unpaired) electrons. The predicted octanol–water partition coefficient (Wildman–Crippen LogP) is 4.45. The maximum absolute atomic E-state index is 6.02. The Morgan fingerprint density at radius 1 is 1.22 bits per heavy atom. The summed E-state index contributed by atoms with van der Waals surface area (Å²) in [5.41, 5.74) is 7.72. The van der Waals surface area contributed by atoms with Crippen LogP contribution in [0, 0.1) is 0 Å². The molecule has 1 aliphatic carbocycles. The Kier molecular flexibility index (Phi) is 5.15. The van der Waals surface area contributed by atoms with E-state index >= 15 is 0 Å². The Morgan fingerprint density at radius 2 is 1.89 bits per heavy atom. The number of hydrogen-bond acceptors (Lipinski definition) is 3. The van der Waals surface area contributed by atoms with Gasteiger partial charge >= 0.3 is 0 Å². The zero-order valence-corrected chi connectivity index (χ0v) is 14.0. The van der Waals surface area contributed by atoms with Gasteiger partial charge in [0.25, 0.3) is 0 Å². The summed E-state index contributed by atoms with van der Waals surface area (Å²) in [7, 11) is 0. The molecule has 98 valence electrons. The van der Waals surface area contributed by atoms with Crippen LogP contribution in [0.4, 0.5) is 5.69 Å². The van der Waals surface area contributed by atoms with Crippen molar-refractivity contribution < 1.29 is 0 Å². The quantitative estimate of drug-likeness (QED) is 0.436. The van der Waals surface area contributed by atoms with Gasteiger partial charge in [0.15, 0.2) is 0 Å². The highest BCUT2D eigenvalue weighted by atomic mass is 79.9. The summed E-state index contributed by atoms with van der Waals surface area (Å²) < 4.78 is 1.90. The van der Waals surface area contributed by atoms with Gasteiger partial charge in [-0.25, -0.2) is 0 Å². The van der Waals surface area contributed by atoms with Crippen LogP contribution in [0.5, 0.6) is 0 Å². The van der Waals surface area contributed by atoms with Crippen molar-refractivity contribution in [1.82, 2.24) is 0 Å². The molecule has 18 heavy (non-hydrogen) atoms. The van der Waals surface area contributed by atoms with E-state index < -0.39 is 0 Å². The first-order chi connectivity index (χ1) is 8.56. The van der Waals surface area contributed by atoms with Crippen molar-refractivity contribution >= 4 is 56.4 Å². The van der Waals surface area contributed by atoms with Crippen LogP contribution in [0.2, 0.25) is 0 Å². The van der Waals surface area contributed by atoms with Gasteiger partial charge in [0.2, 0.25) is 0 Å². The number of aliphatic imine (C=N–C) groups is 1. The molecule has 1 aromatic rings. The predicted molar refractivity (Wildman–Crippen MR) is 88.9 cm³/mol. The largest absolute Gasteiger partial charge is 0.397 e. The van der Waals surface area contributed by atoms with E-state index in [2.05, 4.69) is 49.5 Å². The van der Waals surface area contributed by atoms with E-state index in [1.165, 1.54) is 0 Å². The van der Waals surface area contributed by atoms with Crippen molar-refractivity contribution in [2.45, 2.75) is 37.0 Å². The molecule has 0 amide bonds. The lowest BCUT2D eigenvalue weighted by Crippen LogP contribution is -2.17. The molecule has 0 spiro atoms. The van der Waals surface area contributed by atoms with Gasteiger partial charge in [0.05, 0.1) is 11.7 Å². The number of hydrogen-bond donors (Lipinski definition) is 2. The molecule has 2 N–H and O–H groups in total. The molecule has 5 heteroatoms. The lowest BCUT2D eigenvalue weighted by Gasteiger charge is -2.22. The van der Waals surface area contributed by atoms with Crippen LogP contribution in [0.3, 0.4) is 0 Å². The fourth-order valence-corrected chi connectivity index (χ4v) is 3.66. The molecule has 0 aliphatic heterocycles. The minimum absolute atomic E-state index is 0.422. The SMILES string of the molecule is Nc1c(Br)cc(Br)cc1C=N[C@H]1CC[C@H](S)CC1. The summed E-state index contributed by atoms with van der Waals surface area (Å²) in [6, 6.07) is 4.36. The van der Waals surface area contributed by atoms with Gasteiger partial charge < -0.3 is 5.73 Å². The zero-order chi connectivity index (χ0) is 13.1. The van der Waals surface area contributed by atoms with Crippen LogP contribution in [-0.2, 0) is 0 Å². The minimum atomic E-state index is 0.422. The minimum Gasteiger partial charge on any atom is -0.397 e. The van der Waals surface area contributed by atoms with E-state index in [9.17, 15) is 0 Å². The molecule has 0 heterocycles. The summed E-state index contributed by atoms with van der Waals surface area (Å²) in [6.45, 7) is 0.